The van der Waals surface area contributed by atoms with Gasteiger partial charge in [0.25, 0.3) is 0 Å². The molecule has 0 spiro atoms. The van der Waals surface area contributed by atoms with Gasteiger partial charge in [0.1, 0.15) is 10.6 Å². The average Bonchev–Trinajstić information content (AvgIpc) is 2.35. The van der Waals surface area contributed by atoms with Crippen LogP contribution < -0.4 is 14.8 Å². The van der Waals surface area contributed by atoms with E-state index in [1.807, 2.05) is 6.92 Å². The lowest BCUT2D eigenvalue weighted by molar-refractivity contribution is 0.401. The molecule has 0 saturated heterocycles. The minimum Gasteiger partial charge on any atom is -0.495 e. The summed E-state index contributed by atoms with van der Waals surface area (Å²) in [6.07, 6.45) is 0. The molecule has 0 aliphatic carbocycles. The lowest BCUT2D eigenvalue weighted by Gasteiger charge is -2.11. The Bertz CT molecular complexity index is 486. The molecule has 0 radical (unpaired) electrons. The molecule has 0 aliphatic heterocycles. The highest BCUT2D eigenvalue weighted by Crippen LogP contribution is 2.24. The fraction of sp³-hybridized carbons (Fsp3) is 0.500. The SMILES string of the molecule is CCNCc1ccc(S(=O)(=O)NCC)c(OC)c1. The molecule has 2 N–H and O–H groups in total. The first kappa shape index (κ1) is 14.9. The maximum absolute atomic E-state index is 11.9. The molecule has 1 aromatic rings. The Labute approximate surface area is 109 Å². The van der Waals surface area contributed by atoms with Crippen LogP contribution in [-0.2, 0) is 16.6 Å². The van der Waals surface area contributed by atoms with Crippen LogP contribution in [0, 0.1) is 0 Å². The van der Waals surface area contributed by atoms with Crippen molar-refractivity contribution in [3.8, 4) is 5.75 Å². The first-order valence-electron chi connectivity index (χ1n) is 5.92. The molecule has 0 aliphatic rings. The highest BCUT2D eigenvalue weighted by molar-refractivity contribution is 7.89. The number of hydrogen-bond donors (Lipinski definition) is 2. The molecule has 5 nitrogen and oxygen atoms in total. The summed E-state index contributed by atoms with van der Waals surface area (Å²) in [6, 6.07) is 5.10. The molecule has 0 saturated carbocycles. The van der Waals surface area contributed by atoms with Crippen LogP contribution in [-0.4, -0.2) is 28.6 Å². The first-order valence-corrected chi connectivity index (χ1v) is 7.40. The largest absolute Gasteiger partial charge is 0.495 e. The fourth-order valence-electron chi connectivity index (χ4n) is 1.58. The average molecular weight is 272 g/mol. The van der Waals surface area contributed by atoms with Crippen molar-refractivity contribution in [2.24, 2.45) is 0 Å². The van der Waals surface area contributed by atoms with E-state index in [0.29, 0.717) is 18.8 Å². The van der Waals surface area contributed by atoms with Gasteiger partial charge in [-0.15, -0.1) is 0 Å². The minimum atomic E-state index is -3.49. The second-order valence-corrected chi connectivity index (χ2v) is 5.50. The van der Waals surface area contributed by atoms with E-state index in [2.05, 4.69) is 10.0 Å². The molecule has 0 aromatic heterocycles. The zero-order valence-corrected chi connectivity index (χ0v) is 11.8. The Morgan fingerprint density at radius 1 is 1.22 bits per heavy atom. The second kappa shape index (κ2) is 6.72. The Balaban J connectivity index is 3.07. The molecule has 0 heterocycles. The van der Waals surface area contributed by atoms with Gasteiger partial charge in [0.15, 0.2) is 0 Å². The van der Waals surface area contributed by atoms with E-state index in [9.17, 15) is 8.42 Å². The van der Waals surface area contributed by atoms with Gasteiger partial charge in [0, 0.05) is 13.1 Å². The molecule has 0 fully saturated rings. The highest BCUT2D eigenvalue weighted by atomic mass is 32.2. The van der Waals surface area contributed by atoms with Gasteiger partial charge in [0.2, 0.25) is 10.0 Å². The van der Waals surface area contributed by atoms with Crippen LogP contribution in [0.4, 0.5) is 0 Å². The highest BCUT2D eigenvalue weighted by Gasteiger charge is 2.18. The normalized spacial score (nSPS) is 11.5. The van der Waals surface area contributed by atoms with Crippen LogP contribution >= 0.6 is 0 Å². The van der Waals surface area contributed by atoms with Crippen molar-refractivity contribution < 1.29 is 13.2 Å². The molecular weight excluding hydrogens is 252 g/mol. The van der Waals surface area contributed by atoms with Crippen LogP contribution in [0.3, 0.4) is 0 Å². The molecule has 0 atom stereocenters. The third kappa shape index (κ3) is 3.69. The number of sulfonamides is 1. The van der Waals surface area contributed by atoms with Crippen LogP contribution in [0.5, 0.6) is 5.75 Å². The summed E-state index contributed by atoms with van der Waals surface area (Å²) >= 11 is 0. The number of hydrogen-bond acceptors (Lipinski definition) is 4. The van der Waals surface area contributed by atoms with E-state index in [1.54, 1.807) is 25.1 Å². The molecule has 0 bridgehead atoms. The molecule has 18 heavy (non-hydrogen) atoms. The van der Waals surface area contributed by atoms with Gasteiger partial charge in [-0.25, -0.2) is 13.1 Å². The molecule has 0 unspecified atom stereocenters. The summed E-state index contributed by atoms with van der Waals surface area (Å²) in [5, 5.41) is 3.18. The monoisotopic (exact) mass is 272 g/mol. The third-order valence-electron chi connectivity index (χ3n) is 2.43. The summed E-state index contributed by atoms with van der Waals surface area (Å²) in [4.78, 5) is 0.173. The second-order valence-electron chi connectivity index (χ2n) is 3.77. The van der Waals surface area contributed by atoms with E-state index in [0.717, 1.165) is 12.1 Å². The quantitative estimate of drug-likeness (QED) is 0.780. The van der Waals surface area contributed by atoms with Crippen molar-refractivity contribution in [1.29, 1.82) is 0 Å². The number of ether oxygens (including phenoxy) is 1. The van der Waals surface area contributed by atoms with Crippen LogP contribution in [0.1, 0.15) is 19.4 Å². The molecule has 1 rings (SSSR count). The van der Waals surface area contributed by atoms with E-state index < -0.39 is 10.0 Å². The third-order valence-corrected chi connectivity index (χ3v) is 4.02. The van der Waals surface area contributed by atoms with Gasteiger partial charge in [-0.2, -0.15) is 0 Å². The maximum Gasteiger partial charge on any atom is 0.244 e. The van der Waals surface area contributed by atoms with Crippen LogP contribution in [0.25, 0.3) is 0 Å². The van der Waals surface area contributed by atoms with Crippen molar-refractivity contribution >= 4 is 10.0 Å². The lowest BCUT2D eigenvalue weighted by Crippen LogP contribution is -2.23. The van der Waals surface area contributed by atoms with E-state index in [4.69, 9.17) is 4.74 Å². The maximum atomic E-state index is 11.9. The van der Waals surface area contributed by atoms with Crippen molar-refractivity contribution in [2.45, 2.75) is 25.3 Å². The molecule has 102 valence electrons. The lowest BCUT2D eigenvalue weighted by atomic mass is 10.2. The predicted molar refractivity (Wildman–Crippen MR) is 71.2 cm³/mol. The van der Waals surface area contributed by atoms with Gasteiger partial charge in [-0.1, -0.05) is 19.9 Å². The minimum absolute atomic E-state index is 0.173. The first-order chi connectivity index (χ1) is 8.55. The van der Waals surface area contributed by atoms with E-state index in [1.165, 1.54) is 7.11 Å². The zero-order valence-electron chi connectivity index (χ0n) is 11.0. The standard InChI is InChI=1S/C12H20N2O3S/c1-4-13-9-10-6-7-12(11(8-10)17-3)18(15,16)14-5-2/h6-8,13-14H,4-5,9H2,1-3H3. The zero-order chi connectivity index (χ0) is 13.6. The number of methoxy groups -OCH3 is 1. The summed E-state index contributed by atoms with van der Waals surface area (Å²) in [6.45, 7) is 5.66. The fourth-order valence-corrected chi connectivity index (χ4v) is 2.77. The molecule has 6 heteroatoms. The Morgan fingerprint density at radius 3 is 2.50 bits per heavy atom. The van der Waals surface area contributed by atoms with Crippen molar-refractivity contribution in [2.75, 3.05) is 20.2 Å². The summed E-state index contributed by atoms with van der Waals surface area (Å²) < 4.78 is 31.5. The summed E-state index contributed by atoms with van der Waals surface area (Å²) in [5.74, 6) is 0.367. The van der Waals surface area contributed by atoms with Gasteiger partial charge in [-0.3, -0.25) is 0 Å². The number of rotatable bonds is 7. The molecule has 1 aromatic carbocycles. The van der Waals surface area contributed by atoms with Crippen LogP contribution in [0.2, 0.25) is 0 Å². The van der Waals surface area contributed by atoms with Gasteiger partial charge >= 0.3 is 0 Å². The number of benzene rings is 1. The van der Waals surface area contributed by atoms with Crippen molar-refractivity contribution in [3.63, 3.8) is 0 Å². The summed E-state index contributed by atoms with van der Waals surface area (Å²) in [5.41, 5.74) is 0.990. The van der Waals surface area contributed by atoms with Gasteiger partial charge in [0.05, 0.1) is 7.11 Å². The smallest absolute Gasteiger partial charge is 0.244 e. The number of nitrogens with one attached hydrogen (secondary N) is 2. The Morgan fingerprint density at radius 2 is 1.94 bits per heavy atom. The summed E-state index contributed by atoms with van der Waals surface area (Å²) in [7, 11) is -2.02. The van der Waals surface area contributed by atoms with Crippen molar-refractivity contribution in [3.05, 3.63) is 23.8 Å². The van der Waals surface area contributed by atoms with Crippen LogP contribution in [0.15, 0.2) is 23.1 Å². The Hall–Kier alpha value is -1.11. The Kier molecular flexibility index (Phi) is 5.58. The van der Waals surface area contributed by atoms with E-state index >= 15 is 0 Å². The van der Waals surface area contributed by atoms with E-state index in [-0.39, 0.29) is 4.90 Å². The van der Waals surface area contributed by atoms with Crippen molar-refractivity contribution in [1.82, 2.24) is 10.0 Å². The van der Waals surface area contributed by atoms with Gasteiger partial charge in [-0.05, 0) is 24.2 Å². The predicted octanol–water partition coefficient (Wildman–Crippen LogP) is 1.10. The van der Waals surface area contributed by atoms with Gasteiger partial charge < -0.3 is 10.1 Å². The topological polar surface area (TPSA) is 67.4 Å². The molecular formula is C12H20N2O3S. The molecule has 0 amide bonds.